The third kappa shape index (κ3) is 2.43. The van der Waals surface area contributed by atoms with E-state index in [2.05, 4.69) is 20.8 Å². The number of Topliss-reactive ketones (excluding diaryl/α,β-unsaturated/α-hetero) is 1. The SMILES string of the molecule is CC(C)(C)c1ccc(C(=O)CC#N)s1. The second-order valence-corrected chi connectivity index (χ2v) is 5.26. The fraction of sp³-hybridized carbons (Fsp3) is 0.455. The van der Waals surface area contributed by atoms with Gasteiger partial charge in [0.25, 0.3) is 0 Å². The lowest BCUT2D eigenvalue weighted by atomic mass is 9.95. The van der Waals surface area contributed by atoms with E-state index in [9.17, 15) is 4.79 Å². The summed E-state index contributed by atoms with van der Waals surface area (Å²) in [7, 11) is 0. The molecule has 0 amide bonds. The predicted molar refractivity (Wildman–Crippen MR) is 57.6 cm³/mol. The summed E-state index contributed by atoms with van der Waals surface area (Å²) in [5, 5.41) is 8.40. The van der Waals surface area contributed by atoms with E-state index in [1.807, 2.05) is 18.2 Å². The van der Waals surface area contributed by atoms with Gasteiger partial charge in [-0.25, -0.2) is 0 Å². The highest BCUT2D eigenvalue weighted by Crippen LogP contribution is 2.29. The van der Waals surface area contributed by atoms with Crippen LogP contribution in [0, 0.1) is 11.3 Å². The Kier molecular flexibility index (Phi) is 3.07. The first-order valence-corrected chi connectivity index (χ1v) is 5.27. The van der Waals surface area contributed by atoms with E-state index >= 15 is 0 Å². The summed E-state index contributed by atoms with van der Waals surface area (Å²) in [5.74, 6) is -0.0759. The molecule has 0 spiro atoms. The molecule has 3 heteroatoms. The number of hydrogen-bond acceptors (Lipinski definition) is 3. The molecule has 14 heavy (non-hydrogen) atoms. The molecule has 0 saturated carbocycles. The topological polar surface area (TPSA) is 40.9 Å². The first-order valence-electron chi connectivity index (χ1n) is 4.45. The molecular weight excluding hydrogens is 194 g/mol. The van der Waals surface area contributed by atoms with Crippen molar-refractivity contribution in [1.82, 2.24) is 0 Å². The molecule has 74 valence electrons. The van der Waals surface area contributed by atoms with Crippen molar-refractivity contribution in [3.8, 4) is 6.07 Å². The van der Waals surface area contributed by atoms with Crippen LogP contribution in [0.25, 0.3) is 0 Å². The Bertz CT molecular complexity index is 379. The van der Waals surface area contributed by atoms with Crippen LogP contribution in [0.5, 0.6) is 0 Å². The number of rotatable bonds is 2. The summed E-state index contributed by atoms with van der Waals surface area (Å²) in [6.45, 7) is 6.33. The van der Waals surface area contributed by atoms with Gasteiger partial charge in [-0.15, -0.1) is 11.3 Å². The van der Waals surface area contributed by atoms with Crippen LogP contribution in [0.15, 0.2) is 12.1 Å². The Hall–Kier alpha value is -1.14. The van der Waals surface area contributed by atoms with Gasteiger partial charge >= 0.3 is 0 Å². The van der Waals surface area contributed by atoms with E-state index in [0.717, 1.165) is 0 Å². The number of nitrogens with zero attached hydrogens (tertiary/aromatic N) is 1. The van der Waals surface area contributed by atoms with E-state index in [4.69, 9.17) is 5.26 Å². The molecule has 0 aliphatic carbocycles. The van der Waals surface area contributed by atoms with Crippen molar-refractivity contribution in [1.29, 1.82) is 5.26 Å². The highest BCUT2D eigenvalue weighted by molar-refractivity contribution is 7.14. The summed E-state index contributed by atoms with van der Waals surface area (Å²) >= 11 is 1.49. The van der Waals surface area contributed by atoms with Gasteiger partial charge in [0, 0.05) is 4.88 Å². The zero-order chi connectivity index (χ0) is 10.8. The lowest BCUT2D eigenvalue weighted by Gasteiger charge is -2.15. The highest BCUT2D eigenvalue weighted by Gasteiger charge is 2.18. The van der Waals surface area contributed by atoms with Crippen LogP contribution in [0.1, 0.15) is 41.7 Å². The van der Waals surface area contributed by atoms with Crippen LogP contribution in [-0.4, -0.2) is 5.78 Å². The van der Waals surface area contributed by atoms with Crippen LogP contribution in [0.3, 0.4) is 0 Å². The third-order valence-corrected chi connectivity index (χ3v) is 3.41. The standard InChI is InChI=1S/C11H13NOS/c1-11(2,3)10-5-4-9(14-10)8(13)6-7-12/h4-5H,6H2,1-3H3. The quantitative estimate of drug-likeness (QED) is 0.699. The average molecular weight is 207 g/mol. The van der Waals surface area contributed by atoms with E-state index < -0.39 is 0 Å². The van der Waals surface area contributed by atoms with Crippen LogP contribution in [0.4, 0.5) is 0 Å². The van der Waals surface area contributed by atoms with E-state index in [0.29, 0.717) is 4.88 Å². The summed E-state index contributed by atoms with van der Waals surface area (Å²) in [6, 6.07) is 5.65. The number of hydrogen-bond donors (Lipinski definition) is 0. The maximum Gasteiger partial charge on any atom is 0.186 e. The lowest BCUT2D eigenvalue weighted by Crippen LogP contribution is -2.07. The van der Waals surface area contributed by atoms with Gasteiger partial charge in [0.1, 0.15) is 0 Å². The van der Waals surface area contributed by atoms with E-state index in [1.54, 1.807) is 0 Å². The Balaban J connectivity index is 2.90. The van der Waals surface area contributed by atoms with Crippen LogP contribution >= 0.6 is 11.3 Å². The minimum Gasteiger partial charge on any atom is -0.292 e. The van der Waals surface area contributed by atoms with Gasteiger partial charge in [-0.3, -0.25) is 4.79 Å². The molecule has 0 aliphatic rings. The Morgan fingerprint density at radius 2 is 2.14 bits per heavy atom. The third-order valence-electron chi connectivity index (χ3n) is 1.86. The summed E-state index contributed by atoms with van der Waals surface area (Å²) < 4.78 is 0. The van der Waals surface area contributed by atoms with Gasteiger partial charge in [0.2, 0.25) is 0 Å². The molecule has 1 heterocycles. The lowest BCUT2D eigenvalue weighted by molar-refractivity contribution is 0.100. The van der Waals surface area contributed by atoms with Gasteiger partial charge < -0.3 is 0 Å². The zero-order valence-electron chi connectivity index (χ0n) is 8.63. The molecule has 0 aliphatic heterocycles. The molecule has 0 radical (unpaired) electrons. The number of thiophene rings is 1. The predicted octanol–water partition coefficient (Wildman–Crippen LogP) is 3.14. The molecule has 0 fully saturated rings. The summed E-state index contributed by atoms with van der Waals surface area (Å²) in [4.78, 5) is 13.2. The minimum absolute atomic E-state index is 0.0237. The molecular formula is C11H13NOS. The van der Waals surface area contributed by atoms with Crippen molar-refractivity contribution >= 4 is 17.1 Å². The van der Waals surface area contributed by atoms with Crippen molar-refractivity contribution in [3.05, 3.63) is 21.9 Å². The van der Waals surface area contributed by atoms with Crippen molar-refractivity contribution < 1.29 is 4.79 Å². The second-order valence-electron chi connectivity index (χ2n) is 4.17. The molecule has 0 N–H and O–H groups in total. The summed E-state index contributed by atoms with van der Waals surface area (Å²) in [6.07, 6.45) is -0.0237. The Morgan fingerprint density at radius 3 is 2.57 bits per heavy atom. The second kappa shape index (κ2) is 3.93. The highest BCUT2D eigenvalue weighted by atomic mass is 32.1. The number of ketones is 1. The molecule has 0 aromatic carbocycles. The molecule has 0 bridgehead atoms. The smallest absolute Gasteiger partial charge is 0.186 e. The van der Waals surface area contributed by atoms with Crippen molar-refractivity contribution in [3.63, 3.8) is 0 Å². The van der Waals surface area contributed by atoms with E-state index in [-0.39, 0.29) is 17.6 Å². The summed E-state index contributed by atoms with van der Waals surface area (Å²) in [5.41, 5.74) is 0.0792. The van der Waals surface area contributed by atoms with E-state index in [1.165, 1.54) is 16.2 Å². The largest absolute Gasteiger partial charge is 0.292 e. The number of nitriles is 1. The van der Waals surface area contributed by atoms with Crippen LogP contribution < -0.4 is 0 Å². The van der Waals surface area contributed by atoms with Gasteiger partial charge in [-0.2, -0.15) is 5.26 Å². The van der Waals surface area contributed by atoms with Crippen molar-refractivity contribution in [2.24, 2.45) is 0 Å². The molecule has 1 rings (SSSR count). The zero-order valence-corrected chi connectivity index (χ0v) is 9.44. The van der Waals surface area contributed by atoms with Crippen LogP contribution in [0.2, 0.25) is 0 Å². The maximum atomic E-state index is 11.4. The monoisotopic (exact) mass is 207 g/mol. The van der Waals surface area contributed by atoms with Crippen molar-refractivity contribution in [2.45, 2.75) is 32.6 Å². The first kappa shape index (κ1) is 10.9. The van der Waals surface area contributed by atoms with Gasteiger partial charge in [-0.05, 0) is 17.5 Å². The Morgan fingerprint density at radius 1 is 1.50 bits per heavy atom. The molecule has 1 aromatic rings. The molecule has 0 unspecified atom stereocenters. The number of carbonyl (C=O) groups excluding carboxylic acids is 1. The minimum atomic E-state index is -0.0759. The molecule has 0 saturated heterocycles. The molecule has 2 nitrogen and oxygen atoms in total. The Labute approximate surface area is 88.2 Å². The van der Waals surface area contributed by atoms with Crippen molar-refractivity contribution in [2.75, 3.05) is 0 Å². The van der Waals surface area contributed by atoms with Gasteiger partial charge in [0.05, 0.1) is 17.4 Å². The average Bonchev–Trinajstić information content (AvgIpc) is 2.51. The maximum absolute atomic E-state index is 11.4. The normalized spacial score (nSPS) is 11.0. The van der Waals surface area contributed by atoms with Gasteiger partial charge in [-0.1, -0.05) is 20.8 Å². The van der Waals surface area contributed by atoms with Gasteiger partial charge in [0.15, 0.2) is 5.78 Å². The first-order chi connectivity index (χ1) is 6.45. The molecule has 1 aromatic heterocycles. The fourth-order valence-electron chi connectivity index (χ4n) is 1.05. The molecule has 0 atom stereocenters. The number of carbonyl (C=O) groups is 1. The fourth-order valence-corrected chi connectivity index (χ4v) is 2.05. The van der Waals surface area contributed by atoms with Crippen LogP contribution in [-0.2, 0) is 5.41 Å².